The van der Waals surface area contributed by atoms with Gasteiger partial charge in [-0.2, -0.15) is 0 Å². The fraction of sp³-hybridized carbons (Fsp3) is 0.500. The largest absolute Gasteiger partial charge is 0.504 e. The SMILES string of the molecule is CCCN(CC)CCNC(=O)c1ccc(O)c(O)c1. The number of phenolic OH excluding ortho intramolecular Hbond substituents is 2. The maximum Gasteiger partial charge on any atom is 0.251 e. The first kappa shape index (κ1) is 15.3. The summed E-state index contributed by atoms with van der Waals surface area (Å²) in [6.45, 7) is 7.57. The normalized spacial score (nSPS) is 10.7. The molecule has 1 aromatic rings. The molecule has 1 rings (SSSR count). The van der Waals surface area contributed by atoms with Gasteiger partial charge in [0.15, 0.2) is 11.5 Å². The molecule has 0 aliphatic carbocycles. The van der Waals surface area contributed by atoms with Gasteiger partial charge in [-0.15, -0.1) is 0 Å². The molecule has 0 aliphatic heterocycles. The van der Waals surface area contributed by atoms with Gasteiger partial charge in [-0.25, -0.2) is 0 Å². The Morgan fingerprint density at radius 2 is 1.95 bits per heavy atom. The van der Waals surface area contributed by atoms with Crippen LogP contribution in [0.3, 0.4) is 0 Å². The first-order chi connectivity index (χ1) is 9.08. The Hall–Kier alpha value is -1.75. The molecule has 5 nitrogen and oxygen atoms in total. The number of phenols is 2. The van der Waals surface area contributed by atoms with Crippen molar-refractivity contribution in [2.45, 2.75) is 20.3 Å². The molecule has 1 amide bonds. The van der Waals surface area contributed by atoms with E-state index in [2.05, 4.69) is 24.1 Å². The molecular weight excluding hydrogens is 244 g/mol. The van der Waals surface area contributed by atoms with Gasteiger partial charge in [-0.05, 0) is 37.7 Å². The summed E-state index contributed by atoms with van der Waals surface area (Å²) in [5, 5.41) is 21.3. The van der Waals surface area contributed by atoms with Crippen molar-refractivity contribution in [1.82, 2.24) is 10.2 Å². The van der Waals surface area contributed by atoms with Crippen LogP contribution in [0.2, 0.25) is 0 Å². The van der Waals surface area contributed by atoms with Crippen LogP contribution < -0.4 is 5.32 Å². The molecule has 0 aromatic heterocycles. The van der Waals surface area contributed by atoms with E-state index < -0.39 is 0 Å². The van der Waals surface area contributed by atoms with Crippen molar-refractivity contribution in [3.05, 3.63) is 23.8 Å². The van der Waals surface area contributed by atoms with Crippen molar-refractivity contribution in [3.8, 4) is 11.5 Å². The summed E-state index contributed by atoms with van der Waals surface area (Å²) in [5.74, 6) is -0.756. The maximum absolute atomic E-state index is 11.8. The van der Waals surface area contributed by atoms with E-state index in [-0.39, 0.29) is 17.4 Å². The Bertz CT molecular complexity index is 421. The molecule has 0 spiro atoms. The Labute approximate surface area is 113 Å². The lowest BCUT2D eigenvalue weighted by molar-refractivity contribution is 0.0948. The highest BCUT2D eigenvalue weighted by atomic mass is 16.3. The number of rotatable bonds is 7. The quantitative estimate of drug-likeness (QED) is 0.655. The zero-order valence-electron chi connectivity index (χ0n) is 11.5. The molecular formula is C14H22N2O3. The zero-order chi connectivity index (χ0) is 14.3. The molecule has 0 atom stereocenters. The first-order valence-electron chi connectivity index (χ1n) is 6.61. The molecule has 19 heavy (non-hydrogen) atoms. The smallest absolute Gasteiger partial charge is 0.251 e. The molecule has 1 aromatic carbocycles. The molecule has 0 heterocycles. The number of nitrogens with one attached hydrogen (secondary N) is 1. The van der Waals surface area contributed by atoms with Crippen LogP contribution in [-0.4, -0.2) is 47.2 Å². The Morgan fingerprint density at radius 3 is 2.53 bits per heavy atom. The van der Waals surface area contributed by atoms with Crippen molar-refractivity contribution in [2.75, 3.05) is 26.2 Å². The minimum absolute atomic E-state index is 0.225. The third kappa shape index (κ3) is 4.79. The lowest BCUT2D eigenvalue weighted by Gasteiger charge is -2.19. The minimum atomic E-state index is -0.284. The predicted octanol–water partition coefficient (Wildman–Crippen LogP) is 1.56. The van der Waals surface area contributed by atoms with Crippen LogP contribution in [-0.2, 0) is 0 Å². The van der Waals surface area contributed by atoms with Crippen molar-refractivity contribution >= 4 is 5.91 Å². The molecule has 0 aliphatic rings. The van der Waals surface area contributed by atoms with Crippen molar-refractivity contribution in [2.24, 2.45) is 0 Å². The fourth-order valence-electron chi connectivity index (χ4n) is 1.84. The van der Waals surface area contributed by atoms with E-state index in [0.717, 1.165) is 26.1 Å². The summed E-state index contributed by atoms with van der Waals surface area (Å²) >= 11 is 0. The topological polar surface area (TPSA) is 72.8 Å². The number of carbonyl (C=O) groups is 1. The summed E-state index contributed by atoms with van der Waals surface area (Å²) in [4.78, 5) is 14.1. The molecule has 0 fully saturated rings. The summed E-state index contributed by atoms with van der Waals surface area (Å²) < 4.78 is 0. The Balaban J connectivity index is 2.44. The standard InChI is InChI=1S/C14H22N2O3/c1-3-8-16(4-2)9-7-15-14(19)11-5-6-12(17)13(18)10-11/h5-6,10,17-18H,3-4,7-9H2,1-2H3,(H,15,19). The van der Waals surface area contributed by atoms with E-state index in [9.17, 15) is 15.0 Å². The number of likely N-dealkylation sites (N-methyl/N-ethyl adjacent to an activating group) is 1. The first-order valence-corrected chi connectivity index (χ1v) is 6.61. The second-order valence-electron chi connectivity index (χ2n) is 4.39. The van der Waals surface area contributed by atoms with Gasteiger partial charge in [0.25, 0.3) is 5.91 Å². The van der Waals surface area contributed by atoms with E-state index in [1.54, 1.807) is 0 Å². The van der Waals surface area contributed by atoms with Crippen LogP contribution in [0.4, 0.5) is 0 Å². The number of aromatic hydroxyl groups is 2. The van der Waals surface area contributed by atoms with E-state index in [4.69, 9.17) is 0 Å². The molecule has 0 saturated carbocycles. The molecule has 3 N–H and O–H groups in total. The van der Waals surface area contributed by atoms with Gasteiger partial charge in [-0.1, -0.05) is 13.8 Å². The molecule has 0 radical (unpaired) electrons. The lowest BCUT2D eigenvalue weighted by atomic mass is 10.2. The van der Waals surface area contributed by atoms with Crippen LogP contribution in [0.5, 0.6) is 11.5 Å². The van der Waals surface area contributed by atoms with Gasteiger partial charge in [0.1, 0.15) is 0 Å². The van der Waals surface area contributed by atoms with Crippen molar-refractivity contribution in [3.63, 3.8) is 0 Å². The average Bonchev–Trinajstić information content (AvgIpc) is 2.40. The number of hydrogen-bond donors (Lipinski definition) is 3. The maximum atomic E-state index is 11.8. The van der Waals surface area contributed by atoms with Gasteiger partial charge in [0, 0.05) is 18.7 Å². The second-order valence-corrected chi connectivity index (χ2v) is 4.39. The second kappa shape index (κ2) is 7.63. The predicted molar refractivity (Wildman–Crippen MR) is 74.5 cm³/mol. The van der Waals surface area contributed by atoms with E-state index >= 15 is 0 Å². The van der Waals surface area contributed by atoms with Crippen LogP contribution in [0, 0.1) is 0 Å². The summed E-state index contributed by atoms with van der Waals surface area (Å²) in [6, 6.07) is 4.04. The third-order valence-corrected chi connectivity index (χ3v) is 2.94. The van der Waals surface area contributed by atoms with Crippen LogP contribution in [0.25, 0.3) is 0 Å². The highest BCUT2D eigenvalue weighted by molar-refractivity contribution is 5.94. The van der Waals surface area contributed by atoms with Gasteiger partial charge in [-0.3, -0.25) is 4.79 Å². The summed E-state index contributed by atoms with van der Waals surface area (Å²) in [5.41, 5.74) is 0.342. The summed E-state index contributed by atoms with van der Waals surface area (Å²) in [6.07, 6.45) is 1.09. The fourth-order valence-corrected chi connectivity index (χ4v) is 1.84. The number of hydrogen-bond acceptors (Lipinski definition) is 4. The molecule has 5 heteroatoms. The van der Waals surface area contributed by atoms with E-state index in [1.807, 2.05) is 0 Å². The minimum Gasteiger partial charge on any atom is -0.504 e. The van der Waals surface area contributed by atoms with Crippen molar-refractivity contribution in [1.29, 1.82) is 0 Å². The zero-order valence-corrected chi connectivity index (χ0v) is 11.5. The molecule has 106 valence electrons. The average molecular weight is 266 g/mol. The molecule has 0 saturated heterocycles. The van der Waals surface area contributed by atoms with E-state index in [0.29, 0.717) is 12.1 Å². The van der Waals surface area contributed by atoms with Gasteiger partial charge >= 0.3 is 0 Å². The Kier molecular flexibility index (Phi) is 6.15. The highest BCUT2D eigenvalue weighted by Gasteiger charge is 2.08. The van der Waals surface area contributed by atoms with Gasteiger partial charge in [0.2, 0.25) is 0 Å². The monoisotopic (exact) mass is 266 g/mol. The van der Waals surface area contributed by atoms with Gasteiger partial charge in [0.05, 0.1) is 0 Å². The third-order valence-electron chi connectivity index (χ3n) is 2.94. The number of carbonyl (C=O) groups excluding carboxylic acids is 1. The number of nitrogens with zero attached hydrogens (tertiary/aromatic N) is 1. The van der Waals surface area contributed by atoms with E-state index in [1.165, 1.54) is 18.2 Å². The Morgan fingerprint density at radius 1 is 1.21 bits per heavy atom. The van der Waals surface area contributed by atoms with Crippen LogP contribution >= 0.6 is 0 Å². The molecule has 0 bridgehead atoms. The van der Waals surface area contributed by atoms with Crippen molar-refractivity contribution < 1.29 is 15.0 Å². The molecule has 0 unspecified atom stereocenters. The number of amides is 1. The summed E-state index contributed by atoms with van der Waals surface area (Å²) in [7, 11) is 0. The van der Waals surface area contributed by atoms with Gasteiger partial charge < -0.3 is 20.4 Å². The van der Waals surface area contributed by atoms with Crippen LogP contribution in [0.1, 0.15) is 30.6 Å². The highest BCUT2D eigenvalue weighted by Crippen LogP contribution is 2.24. The number of benzene rings is 1. The lowest BCUT2D eigenvalue weighted by Crippen LogP contribution is -2.35. The van der Waals surface area contributed by atoms with Crippen LogP contribution in [0.15, 0.2) is 18.2 Å².